The Hall–Kier alpha value is -0.650. The molecule has 1 aliphatic carbocycles. The van der Waals surface area contributed by atoms with E-state index < -0.39 is 5.97 Å². The summed E-state index contributed by atoms with van der Waals surface area (Å²) in [4.78, 5) is 15.3. The molecule has 0 spiro atoms. The van der Waals surface area contributed by atoms with Gasteiger partial charge >= 0.3 is 5.97 Å². The molecule has 0 radical (unpaired) electrons. The SMILES string of the molecule is CN1CCC2CCC(OCC3CCN(CC(=O)O)CC3)CC2C1. The van der Waals surface area contributed by atoms with Crippen LogP contribution in [0.3, 0.4) is 0 Å². The fourth-order valence-corrected chi connectivity index (χ4v) is 4.69. The first-order valence-corrected chi connectivity index (χ1v) is 9.34. The summed E-state index contributed by atoms with van der Waals surface area (Å²) in [5.41, 5.74) is 0. The van der Waals surface area contributed by atoms with Crippen molar-refractivity contribution in [1.82, 2.24) is 9.80 Å². The Labute approximate surface area is 140 Å². The summed E-state index contributed by atoms with van der Waals surface area (Å²) in [5.74, 6) is 1.68. The monoisotopic (exact) mass is 324 g/mol. The molecule has 0 bridgehead atoms. The molecule has 3 atom stereocenters. The normalized spacial score (nSPS) is 34.2. The molecule has 5 nitrogen and oxygen atoms in total. The zero-order chi connectivity index (χ0) is 16.2. The van der Waals surface area contributed by atoms with Crippen molar-refractivity contribution in [2.24, 2.45) is 17.8 Å². The van der Waals surface area contributed by atoms with Gasteiger partial charge in [0.15, 0.2) is 0 Å². The quantitative estimate of drug-likeness (QED) is 0.837. The van der Waals surface area contributed by atoms with Crippen molar-refractivity contribution in [1.29, 1.82) is 0 Å². The summed E-state index contributed by atoms with van der Waals surface area (Å²) in [5, 5.41) is 8.85. The van der Waals surface area contributed by atoms with Gasteiger partial charge < -0.3 is 14.7 Å². The van der Waals surface area contributed by atoms with Gasteiger partial charge in [-0.3, -0.25) is 9.69 Å². The second kappa shape index (κ2) is 7.95. The summed E-state index contributed by atoms with van der Waals surface area (Å²) in [7, 11) is 2.24. The highest BCUT2D eigenvalue weighted by Gasteiger charge is 2.34. The molecule has 23 heavy (non-hydrogen) atoms. The average molecular weight is 324 g/mol. The number of carboxylic acid groups (broad SMARTS) is 1. The van der Waals surface area contributed by atoms with Gasteiger partial charge in [0.25, 0.3) is 0 Å². The van der Waals surface area contributed by atoms with Crippen LogP contribution in [0.25, 0.3) is 0 Å². The van der Waals surface area contributed by atoms with E-state index in [0.717, 1.165) is 44.4 Å². The van der Waals surface area contributed by atoms with Crippen LogP contribution < -0.4 is 0 Å². The Kier molecular flexibility index (Phi) is 5.94. The van der Waals surface area contributed by atoms with Gasteiger partial charge in [-0.15, -0.1) is 0 Å². The summed E-state index contributed by atoms with van der Waals surface area (Å²) in [6.07, 6.45) is 7.81. The molecule has 0 aromatic rings. The Bertz CT molecular complexity index is 396. The number of hydrogen-bond acceptors (Lipinski definition) is 4. The summed E-state index contributed by atoms with van der Waals surface area (Å²) in [6, 6.07) is 0. The van der Waals surface area contributed by atoms with Gasteiger partial charge in [0, 0.05) is 13.2 Å². The molecule has 0 amide bonds. The minimum atomic E-state index is -0.714. The molecule has 0 aromatic heterocycles. The van der Waals surface area contributed by atoms with Crippen molar-refractivity contribution >= 4 is 5.97 Å². The van der Waals surface area contributed by atoms with Crippen LogP contribution in [0.15, 0.2) is 0 Å². The molecule has 3 unspecified atom stereocenters. The van der Waals surface area contributed by atoms with E-state index in [1.54, 1.807) is 0 Å². The van der Waals surface area contributed by atoms with Crippen LogP contribution >= 0.6 is 0 Å². The molecular formula is C18H32N2O3. The highest BCUT2D eigenvalue weighted by Crippen LogP contribution is 2.37. The average Bonchev–Trinajstić information content (AvgIpc) is 2.53. The van der Waals surface area contributed by atoms with Crippen LogP contribution in [0.5, 0.6) is 0 Å². The van der Waals surface area contributed by atoms with E-state index in [2.05, 4.69) is 11.9 Å². The van der Waals surface area contributed by atoms with Crippen LogP contribution in [-0.2, 0) is 9.53 Å². The number of hydrogen-bond donors (Lipinski definition) is 1. The van der Waals surface area contributed by atoms with E-state index >= 15 is 0 Å². The first-order chi connectivity index (χ1) is 11.1. The van der Waals surface area contributed by atoms with E-state index in [1.165, 1.54) is 38.8 Å². The molecule has 5 heteroatoms. The molecule has 1 N–H and O–H groups in total. The highest BCUT2D eigenvalue weighted by molar-refractivity contribution is 5.69. The largest absolute Gasteiger partial charge is 0.480 e. The van der Waals surface area contributed by atoms with Crippen molar-refractivity contribution in [3.8, 4) is 0 Å². The van der Waals surface area contributed by atoms with Crippen LogP contribution in [0.1, 0.15) is 38.5 Å². The van der Waals surface area contributed by atoms with Gasteiger partial charge in [-0.2, -0.15) is 0 Å². The maximum atomic E-state index is 10.7. The first-order valence-electron chi connectivity index (χ1n) is 9.34. The molecule has 3 aliphatic rings. The topological polar surface area (TPSA) is 53.0 Å². The minimum Gasteiger partial charge on any atom is -0.480 e. The molecule has 132 valence electrons. The molecule has 1 saturated carbocycles. The van der Waals surface area contributed by atoms with Gasteiger partial charge in [-0.1, -0.05) is 0 Å². The summed E-state index contributed by atoms with van der Waals surface area (Å²) >= 11 is 0. The van der Waals surface area contributed by atoms with Gasteiger partial charge in [0.1, 0.15) is 0 Å². The van der Waals surface area contributed by atoms with Crippen molar-refractivity contribution in [3.63, 3.8) is 0 Å². The Balaban J connectivity index is 1.36. The van der Waals surface area contributed by atoms with Gasteiger partial charge in [-0.25, -0.2) is 0 Å². The molecule has 2 heterocycles. The van der Waals surface area contributed by atoms with E-state index in [-0.39, 0.29) is 6.54 Å². The number of nitrogens with zero attached hydrogens (tertiary/aromatic N) is 2. The minimum absolute atomic E-state index is 0.187. The number of piperidine rings is 2. The summed E-state index contributed by atoms with van der Waals surface area (Å²) in [6.45, 7) is 5.38. The smallest absolute Gasteiger partial charge is 0.317 e. The number of rotatable bonds is 5. The van der Waals surface area contributed by atoms with Crippen LogP contribution in [0.2, 0.25) is 0 Å². The molecule has 2 aliphatic heterocycles. The zero-order valence-corrected chi connectivity index (χ0v) is 14.5. The Morgan fingerprint density at radius 1 is 1.09 bits per heavy atom. The molecule has 3 rings (SSSR count). The first kappa shape index (κ1) is 17.2. The maximum Gasteiger partial charge on any atom is 0.317 e. The number of ether oxygens (including phenoxy) is 1. The lowest BCUT2D eigenvalue weighted by molar-refractivity contribution is -0.138. The third-order valence-electron chi connectivity index (χ3n) is 6.15. The predicted molar refractivity (Wildman–Crippen MR) is 89.5 cm³/mol. The number of aliphatic carboxylic acids is 1. The predicted octanol–water partition coefficient (Wildman–Crippen LogP) is 1.92. The fourth-order valence-electron chi connectivity index (χ4n) is 4.69. The second-order valence-electron chi connectivity index (χ2n) is 7.95. The lowest BCUT2D eigenvalue weighted by Crippen LogP contribution is -2.43. The number of likely N-dealkylation sites (tertiary alicyclic amines) is 2. The molecule has 2 saturated heterocycles. The molecule has 0 aromatic carbocycles. The fraction of sp³-hybridized carbons (Fsp3) is 0.944. The van der Waals surface area contributed by atoms with Crippen LogP contribution in [0, 0.1) is 17.8 Å². The van der Waals surface area contributed by atoms with Gasteiger partial charge in [0.05, 0.1) is 12.6 Å². The standard InChI is InChI=1S/C18H32N2O3/c1-19-7-6-15-2-3-17(10-16(15)11-19)23-13-14-4-8-20(9-5-14)12-18(21)22/h14-17H,2-13H2,1H3,(H,21,22). The van der Waals surface area contributed by atoms with Crippen molar-refractivity contribution in [3.05, 3.63) is 0 Å². The van der Waals surface area contributed by atoms with Crippen LogP contribution in [-0.4, -0.2) is 73.4 Å². The lowest BCUT2D eigenvalue weighted by Gasteiger charge is -2.42. The van der Waals surface area contributed by atoms with E-state index in [1.807, 2.05) is 4.90 Å². The van der Waals surface area contributed by atoms with Gasteiger partial charge in [-0.05, 0) is 83.0 Å². The lowest BCUT2D eigenvalue weighted by atomic mass is 9.74. The highest BCUT2D eigenvalue weighted by atomic mass is 16.5. The van der Waals surface area contributed by atoms with E-state index in [9.17, 15) is 4.79 Å². The van der Waals surface area contributed by atoms with E-state index in [4.69, 9.17) is 9.84 Å². The molecular weight excluding hydrogens is 292 g/mol. The Morgan fingerprint density at radius 2 is 1.87 bits per heavy atom. The third kappa shape index (κ3) is 4.91. The number of fused-ring (bicyclic) bond motifs is 1. The van der Waals surface area contributed by atoms with Crippen molar-refractivity contribution in [2.75, 3.05) is 46.4 Å². The number of carbonyl (C=O) groups is 1. The second-order valence-corrected chi connectivity index (χ2v) is 7.95. The van der Waals surface area contributed by atoms with E-state index in [0.29, 0.717) is 12.0 Å². The van der Waals surface area contributed by atoms with Crippen molar-refractivity contribution < 1.29 is 14.6 Å². The van der Waals surface area contributed by atoms with Crippen molar-refractivity contribution in [2.45, 2.75) is 44.6 Å². The van der Waals surface area contributed by atoms with Crippen LogP contribution in [0.4, 0.5) is 0 Å². The summed E-state index contributed by atoms with van der Waals surface area (Å²) < 4.78 is 6.27. The zero-order valence-electron chi connectivity index (χ0n) is 14.5. The Morgan fingerprint density at radius 3 is 2.61 bits per heavy atom. The number of carboxylic acids is 1. The maximum absolute atomic E-state index is 10.7. The molecule has 3 fully saturated rings. The van der Waals surface area contributed by atoms with Gasteiger partial charge in [0.2, 0.25) is 0 Å². The third-order valence-corrected chi connectivity index (χ3v) is 6.15.